The van der Waals surface area contributed by atoms with E-state index < -0.39 is 29.2 Å². The van der Waals surface area contributed by atoms with Crippen molar-refractivity contribution in [3.8, 4) is 0 Å². The molecule has 106 valence electrons. The molecule has 5 nitrogen and oxygen atoms in total. The smallest absolute Gasteiger partial charge is 0.337 e. The summed E-state index contributed by atoms with van der Waals surface area (Å²) in [7, 11) is 0. The standard InChI is InChI=1S/C15H16O5/c1-7-11-12(17)14(3)8(2)10(16)5-4-9(14)6-15(11,19)20-13(7)18/h4-6,8,12,17,19H,1-3H3/t8-,12+,14+,15-/m0/s1. The van der Waals surface area contributed by atoms with Crippen LogP contribution in [0.5, 0.6) is 0 Å². The van der Waals surface area contributed by atoms with Crippen molar-refractivity contribution in [2.75, 3.05) is 0 Å². The molecule has 0 aromatic heterocycles. The first-order valence-corrected chi connectivity index (χ1v) is 6.52. The molecule has 3 rings (SSSR count). The first kappa shape index (κ1) is 13.3. The Bertz CT molecular complexity index is 626. The molecule has 0 aromatic rings. The van der Waals surface area contributed by atoms with E-state index >= 15 is 0 Å². The molecular formula is C15H16O5. The van der Waals surface area contributed by atoms with Gasteiger partial charge in [0.2, 0.25) is 0 Å². The maximum absolute atomic E-state index is 11.9. The highest BCUT2D eigenvalue weighted by molar-refractivity contribution is 5.96. The third-order valence-electron chi connectivity index (χ3n) is 4.91. The molecule has 1 aliphatic heterocycles. The zero-order valence-corrected chi connectivity index (χ0v) is 11.5. The fourth-order valence-corrected chi connectivity index (χ4v) is 3.31. The predicted octanol–water partition coefficient (Wildman–Crippen LogP) is 0.631. The van der Waals surface area contributed by atoms with Crippen LogP contribution in [-0.2, 0) is 14.3 Å². The van der Waals surface area contributed by atoms with E-state index in [9.17, 15) is 19.8 Å². The first-order valence-electron chi connectivity index (χ1n) is 6.52. The average molecular weight is 276 g/mol. The van der Waals surface area contributed by atoms with Crippen molar-refractivity contribution in [1.29, 1.82) is 0 Å². The molecule has 5 heteroatoms. The van der Waals surface area contributed by atoms with Gasteiger partial charge >= 0.3 is 5.97 Å². The number of aliphatic hydroxyl groups excluding tert-OH is 1. The fraction of sp³-hybridized carbons (Fsp3) is 0.467. The molecule has 0 fully saturated rings. The van der Waals surface area contributed by atoms with Crippen LogP contribution in [0.2, 0.25) is 0 Å². The largest absolute Gasteiger partial charge is 0.422 e. The summed E-state index contributed by atoms with van der Waals surface area (Å²) in [5, 5.41) is 21.2. The Hall–Kier alpha value is -1.72. The number of ketones is 1. The van der Waals surface area contributed by atoms with E-state index in [1.807, 2.05) is 0 Å². The van der Waals surface area contributed by atoms with Crippen molar-refractivity contribution in [3.05, 3.63) is 34.9 Å². The summed E-state index contributed by atoms with van der Waals surface area (Å²) in [4.78, 5) is 23.6. The minimum atomic E-state index is -1.90. The Morgan fingerprint density at radius 2 is 1.95 bits per heavy atom. The number of hydrogen-bond donors (Lipinski definition) is 2. The number of esters is 1. The highest BCUT2D eigenvalue weighted by atomic mass is 16.7. The molecule has 0 unspecified atom stereocenters. The van der Waals surface area contributed by atoms with Crippen LogP contribution >= 0.6 is 0 Å². The second-order valence-corrected chi connectivity index (χ2v) is 5.87. The van der Waals surface area contributed by atoms with Crippen LogP contribution < -0.4 is 0 Å². The van der Waals surface area contributed by atoms with Crippen LogP contribution in [0.4, 0.5) is 0 Å². The van der Waals surface area contributed by atoms with Gasteiger partial charge < -0.3 is 14.9 Å². The van der Waals surface area contributed by atoms with E-state index in [0.29, 0.717) is 5.57 Å². The monoisotopic (exact) mass is 276 g/mol. The summed E-state index contributed by atoms with van der Waals surface area (Å²) in [6, 6.07) is 0. The van der Waals surface area contributed by atoms with Crippen LogP contribution in [0, 0.1) is 11.3 Å². The summed E-state index contributed by atoms with van der Waals surface area (Å²) >= 11 is 0. The van der Waals surface area contributed by atoms with Crippen molar-refractivity contribution in [2.24, 2.45) is 11.3 Å². The normalized spacial score (nSPS) is 43.1. The minimum Gasteiger partial charge on any atom is -0.422 e. The second kappa shape index (κ2) is 3.68. The Balaban J connectivity index is 2.29. The molecular weight excluding hydrogens is 260 g/mol. The molecule has 4 atom stereocenters. The van der Waals surface area contributed by atoms with E-state index in [1.54, 1.807) is 19.9 Å². The summed E-state index contributed by atoms with van der Waals surface area (Å²) in [5.41, 5.74) is 0.0723. The van der Waals surface area contributed by atoms with Gasteiger partial charge in [-0.15, -0.1) is 0 Å². The lowest BCUT2D eigenvalue weighted by atomic mass is 9.58. The highest BCUT2D eigenvalue weighted by Crippen LogP contribution is 2.53. The first-order chi connectivity index (χ1) is 9.21. The number of rotatable bonds is 0. The van der Waals surface area contributed by atoms with E-state index in [2.05, 4.69) is 0 Å². The zero-order valence-electron chi connectivity index (χ0n) is 11.5. The minimum absolute atomic E-state index is 0.0855. The van der Waals surface area contributed by atoms with Gasteiger partial charge in [0.05, 0.1) is 6.10 Å². The Labute approximate surface area is 116 Å². The van der Waals surface area contributed by atoms with Gasteiger partial charge in [0.15, 0.2) is 5.78 Å². The van der Waals surface area contributed by atoms with Gasteiger partial charge in [0.1, 0.15) is 0 Å². The van der Waals surface area contributed by atoms with Gasteiger partial charge in [-0.05, 0) is 24.6 Å². The lowest BCUT2D eigenvalue weighted by Gasteiger charge is -2.47. The van der Waals surface area contributed by atoms with E-state index in [-0.39, 0.29) is 16.9 Å². The fourth-order valence-electron chi connectivity index (χ4n) is 3.31. The number of aliphatic hydroxyl groups is 2. The summed E-state index contributed by atoms with van der Waals surface area (Å²) in [6.45, 7) is 5.01. The number of carbonyl (C=O) groups excluding carboxylic acids is 2. The van der Waals surface area contributed by atoms with E-state index in [1.165, 1.54) is 19.1 Å². The Kier molecular flexibility index (Phi) is 2.44. The molecule has 1 heterocycles. The molecule has 0 radical (unpaired) electrons. The van der Waals surface area contributed by atoms with Gasteiger partial charge in [0, 0.05) is 22.5 Å². The van der Waals surface area contributed by atoms with Crippen molar-refractivity contribution >= 4 is 11.8 Å². The topological polar surface area (TPSA) is 83.8 Å². The van der Waals surface area contributed by atoms with Crippen LogP contribution in [0.3, 0.4) is 0 Å². The van der Waals surface area contributed by atoms with Crippen molar-refractivity contribution in [2.45, 2.75) is 32.7 Å². The molecule has 3 aliphatic rings. The van der Waals surface area contributed by atoms with Gasteiger partial charge in [0.25, 0.3) is 5.79 Å². The molecule has 0 saturated heterocycles. The van der Waals surface area contributed by atoms with Gasteiger partial charge in [-0.3, -0.25) is 4.79 Å². The van der Waals surface area contributed by atoms with Crippen LogP contribution in [-0.4, -0.2) is 33.9 Å². The lowest BCUT2D eigenvalue weighted by molar-refractivity contribution is -0.173. The van der Waals surface area contributed by atoms with Crippen LogP contribution in [0.25, 0.3) is 0 Å². The van der Waals surface area contributed by atoms with E-state index in [0.717, 1.165) is 0 Å². The molecule has 2 N–H and O–H groups in total. The lowest BCUT2D eigenvalue weighted by Crippen LogP contribution is -2.53. The predicted molar refractivity (Wildman–Crippen MR) is 69.2 cm³/mol. The van der Waals surface area contributed by atoms with Crippen molar-refractivity contribution < 1.29 is 24.5 Å². The van der Waals surface area contributed by atoms with Gasteiger partial charge in [-0.1, -0.05) is 19.9 Å². The second-order valence-electron chi connectivity index (χ2n) is 5.87. The van der Waals surface area contributed by atoms with Crippen LogP contribution in [0.15, 0.2) is 34.9 Å². The zero-order chi connectivity index (χ0) is 14.9. The van der Waals surface area contributed by atoms with Crippen molar-refractivity contribution in [3.63, 3.8) is 0 Å². The quantitative estimate of drug-likeness (QED) is 0.634. The van der Waals surface area contributed by atoms with E-state index in [4.69, 9.17) is 4.74 Å². The molecule has 20 heavy (non-hydrogen) atoms. The van der Waals surface area contributed by atoms with Crippen molar-refractivity contribution in [1.82, 2.24) is 0 Å². The Morgan fingerprint density at radius 1 is 1.30 bits per heavy atom. The number of fused-ring (bicyclic) bond motifs is 2. The number of allylic oxidation sites excluding steroid dienone is 2. The Morgan fingerprint density at radius 3 is 2.60 bits per heavy atom. The summed E-state index contributed by atoms with van der Waals surface area (Å²) in [5.74, 6) is -3.09. The number of carbonyl (C=O) groups is 2. The molecule has 0 saturated carbocycles. The molecule has 0 aromatic carbocycles. The molecule has 2 aliphatic carbocycles. The van der Waals surface area contributed by atoms with Gasteiger partial charge in [-0.2, -0.15) is 0 Å². The molecule has 0 bridgehead atoms. The highest BCUT2D eigenvalue weighted by Gasteiger charge is 2.59. The SMILES string of the molecule is CC1=C2[C@@H](O)[C@@]3(C)C(=C[C@]2(O)OC1=O)C=CC(=O)[C@@H]3C. The molecule has 0 amide bonds. The van der Waals surface area contributed by atoms with Gasteiger partial charge in [-0.25, -0.2) is 4.79 Å². The maximum atomic E-state index is 11.9. The third kappa shape index (κ3) is 1.34. The molecule has 0 spiro atoms. The average Bonchev–Trinajstić information content (AvgIpc) is 2.60. The number of ether oxygens (including phenoxy) is 1. The third-order valence-corrected chi connectivity index (χ3v) is 4.91. The summed E-state index contributed by atoms with van der Waals surface area (Å²) < 4.78 is 4.98. The van der Waals surface area contributed by atoms with Crippen LogP contribution in [0.1, 0.15) is 20.8 Å². The maximum Gasteiger partial charge on any atom is 0.337 e. The summed E-state index contributed by atoms with van der Waals surface area (Å²) in [6.07, 6.45) is 3.26. The number of hydrogen-bond acceptors (Lipinski definition) is 5.